The van der Waals surface area contributed by atoms with Crippen molar-refractivity contribution < 1.29 is 9.47 Å². The van der Waals surface area contributed by atoms with Crippen LogP contribution in [0.4, 0.5) is 0 Å². The van der Waals surface area contributed by atoms with Crippen LogP contribution in [0.3, 0.4) is 0 Å². The van der Waals surface area contributed by atoms with E-state index < -0.39 is 0 Å². The van der Waals surface area contributed by atoms with Gasteiger partial charge in [-0.2, -0.15) is 0 Å². The lowest BCUT2D eigenvalue weighted by molar-refractivity contribution is 0.0389. The summed E-state index contributed by atoms with van der Waals surface area (Å²) in [4.78, 5) is 7.17. The van der Waals surface area contributed by atoms with E-state index in [1.165, 1.54) is 11.1 Å². The number of nitrogens with zero attached hydrogens (tertiary/aromatic N) is 2. The van der Waals surface area contributed by atoms with Crippen molar-refractivity contribution in [1.29, 1.82) is 0 Å². The molecule has 0 spiro atoms. The van der Waals surface area contributed by atoms with E-state index in [0.29, 0.717) is 13.2 Å². The lowest BCUT2D eigenvalue weighted by Gasteiger charge is -2.26. The Morgan fingerprint density at radius 3 is 2.65 bits per heavy atom. The molecule has 1 aliphatic rings. The molecule has 0 bridgehead atoms. The fourth-order valence-electron chi connectivity index (χ4n) is 2.84. The van der Waals surface area contributed by atoms with Crippen LogP contribution in [-0.2, 0) is 22.6 Å². The molecule has 26 heavy (non-hydrogen) atoms. The van der Waals surface area contributed by atoms with Crippen molar-refractivity contribution in [3.8, 4) is 0 Å². The molecule has 6 nitrogen and oxygen atoms in total. The third-order valence-electron chi connectivity index (χ3n) is 4.30. The molecule has 1 saturated heterocycles. The van der Waals surface area contributed by atoms with Crippen LogP contribution in [0.5, 0.6) is 0 Å². The third-order valence-corrected chi connectivity index (χ3v) is 4.30. The van der Waals surface area contributed by atoms with Gasteiger partial charge in [-0.15, -0.1) is 0 Å². The zero-order valence-electron chi connectivity index (χ0n) is 16.3. The largest absolute Gasteiger partial charge is 0.379 e. The van der Waals surface area contributed by atoms with Gasteiger partial charge in [0.05, 0.1) is 26.4 Å². The summed E-state index contributed by atoms with van der Waals surface area (Å²) in [6.45, 7) is 12.8. The fraction of sp³-hybridized carbons (Fsp3) is 0.650. The first-order valence-corrected chi connectivity index (χ1v) is 9.80. The van der Waals surface area contributed by atoms with Gasteiger partial charge in [-0.3, -0.25) is 4.90 Å². The molecule has 0 saturated carbocycles. The van der Waals surface area contributed by atoms with Crippen LogP contribution in [0.1, 0.15) is 31.4 Å². The summed E-state index contributed by atoms with van der Waals surface area (Å²) >= 11 is 0. The molecule has 0 aromatic heterocycles. The molecule has 6 heteroatoms. The van der Waals surface area contributed by atoms with Gasteiger partial charge in [-0.05, 0) is 24.5 Å². The van der Waals surface area contributed by atoms with Crippen molar-refractivity contribution in [2.45, 2.75) is 33.4 Å². The Morgan fingerprint density at radius 1 is 1.15 bits per heavy atom. The van der Waals surface area contributed by atoms with Crippen molar-refractivity contribution in [1.82, 2.24) is 15.5 Å². The van der Waals surface area contributed by atoms with Crippen LogP contribution in [0.2, 0.25) is 0 Å². The molecule has 1 aromatic carbocycles. The third kappa shape index (κ3) is 7.72. The summed E-state index contributed by atoms with van der Waals surface area (Å²) in [5.74, 6) is 0.866. The van der Waals surface area contributed by atoms with Crippen molar-refractivity contribution in [2.75, 3.05) is 52.5 Å². The molecular formula is C20H34N4O2. The van der Waals surface area contributed by atoms with E-state index in [-0.39, 0.29) is 0 Å². The summed E-state index contributed by atoms with van der Waals surface area (Å²) in [7, 11) is 0. The zero-order valence-corrected chi connectivity index (χ0v) is 16.3. The van der Waals surface area contributed by atoms with E-state index in [0.717, 1.165) is 64.9 Å². The van der Waals surface area contributed by atoms with Crippen LogP contribution in [0.25, 0.3) is 0 Å². The maximum atomic E-state index is 5.70. The second kappa shape index (κ2) is 12.7. The van der Waals surface area contributed by atoms with Crippen LogP contribution in [0, 0.1) is 0 Å². The number of nitrogens with one attached hydrogen (secondary N) is 2. The summed E-state index contributed by atoms with van der Waals surface area (Å²) < 4.78 is 11.1. The summed E-state index contributed by atoms with van der Waals surface area (Å²) in [6.07, 6.45) is 1.04. The van der Waals surface area contributed by atoms with Gasteiger partial charge in [0.15, 0.2) is 5.96 Å². The highest BCUT2D eigenvalue weighted by atomic mass is 16.5. The van der Waals surface area contributed by atoms with Gasteiger partial charge in [0.2, 0.25) is 0 Å². The molecule has 146 valence electrons. The topological polar surface area (TPSA) is 58.1 Å². The van der Waals surface area contributed by atoms with E-state index >= 15 is 0 Å². The Kier molecular flexibility index (Phi) is 10.1. The fourth-order valence-corrected chi connectivity index (χ4v) is 2.84. The molecule has 0 unspecified atom stereocenters. The van der Waals surface area contributed by atoms with Gasteiger partial charge in [0.25, 0.3) is 0 Å². The molecule has 2 rings (SSSR count). The lowest BCUT2D eigenvalue weighted by Crippen LogP contribution is -2.44. The van der Waals surface area contributed by atoms with Gasteiger partial charge in [0, 0.05) is 39.3 Å². The van der Waals surface area contributed by atoms with Crippen LogP contribution in [0.15, 0.2) is 29.3 Å². The van der Waals surface area contributed by atoms with E-state index in [9.17, 15) is 0 Å². The molecule has 1 aliphatic heterocycles. The number of rotatable bonds is 10. The Balaban J connectivity index is 1.85. The molecular weight excluding hydrogens is 328 g/mol. The van der Waals surface area contributed by atoms with Gasteiger partial charge in [0.1, 0.15) is 0 Å². The molecule has 0 aliphatic carbocycles. The minimum Gasteiger partial charge on any atom is -0.379 e. The number of hydrogen-bond donors (Lipinski definition) is 2. The Bertz CT molecular complexity index is 530. The average Bonchev–Trinajstić information content (AvgIpc) is 2.68. The van der Waals surface area contributed by atoms with Gasteiger partial charge >= 0.3 is 0 Å². The highest BCUT2D eigenvalue weighted by Crippen LogP contribution is 2.11. The Morgan fingerprint density at radius 2 is 1.92 bits per heavy atom. The maximum Gasteiger partial charge on any atom is 0.191 e. The van der Waals surface area contributed by atoms with E-state index in [4.69, 9.17) is 14.5 Å². The Hall–Kier alpha value is -1.63. The molecule has 0 atom stereocenters. The zero-order chi connectivity index (χ0) is 18.5. The normalized spacial score (nSPS) is 15.8. The number of aliphatic imine (C=N–C) groups is 1. The van der Waals surface area contributed by atoms with E-state index in [2.05, 4.69) is 53.6 Å². The van der Waals surface area contributed by atoms with Crippen molar-refractivity contribution in [3.63, 3.8) is 0 Å². The van der Waals surface area contributed by atoms with Gasteiger partial charge < -0.3 is 20.1 Å². The highest BCUT2D eigenvalue weighted by molar-refractivity contribution is 5.79. The number of ether oxygens (including phenoxy) is 2. The summed E-state index contributed by atoms with van der Waals surface area (Å²) in [5.41, 5.74) is 2.43. The average molecular weight is 363 g/mol. The van der Waals surface area contributed by atoms with Crippen molar-refractivity contribution in [3.05, 3.63) is 35.4 Å². The molecule has 1 fully saturated rings. The summed E-state index contributed by atoms with van der Waals surface area (Å²) in [5, 5.41) is 6.76. The monoisotopic (exact) mass is 362 g/mol. The smallest absolute Gasteiger partial charge is 0.191 e. The number of benzene rings is 1. The minimum absolute atomic E-state index is 0.651. The van der Waals surface area contributed by atoms with Crippen LogP contribution in [-0.4, -0.2) is 63.4 Å². The first-order chi connectivity index (χ1) is 12.8. The summed E-state index contributed by atoms with van der Waals surface area (Å²) in [6, 6.07) is 8.38. The second-order valence-corrected chi connectivity index (χ2v) is 6.40. The molecule has 0 radical (unpaired) electrons. The lowest BCUT2D eigenvalue weighted by atomic mass is 10.1. The number of guanidine groups is 1. The second-order valence-electron chi connectivity index (χ2n) is 6.40. The van der Waals surface area contributed by atoms with Crippen molar-refractivity contribution >= 4 is 5.96 Å². The molecule has 1 heterocycles. The minimum atomic E-state index is 0.651. The predicted molar refractivity (Wildman–Crippen MR) is 106 cm³/mol. The molecule has 1 aromatic rings. The molecule has 2 N–H and O–H groups in total. The van der Waals surface area contributed by atoms with E-state index in [1.807, 2.05) is 0 Å². The number of morpholine rings is 1. The maximum absolute atomic E-state index is 5.70. The van der Waals surface area contributed by atoms with Gasteiger partial charge in [-0.25, -0.2) is 4.99 Å². The molecule has 0 amide bonds. The standard InChI is InChI=1S/C20H34N4O2/c1-3-13-26-17-19-8-6-5-7-18(19)16-23-20(21-4-2)22-9-10-24-11-14-25-15-12-24/h5-8H,3-4,9-17H2,1-2H3,(H2,21,22,23). The highest BCUT2D eigenvalue weighted by Gasteiger charge is 2.09. The number of hydrogen-bond acceptors (Lipinski definition) is 4. The van der Waals surface area contributed by atoms with Crippen LogP contribution >= 0.6 is 0 Å². The van der Waals surface area contributed by atoms with Crippen LogP contribution < -0.4 is 10.6 Å². The predicted octanol–water partition coefficient (Wildman–Crippen LogP) is 2.00. The Labute approximate surface area is 158 Å². The van der Waals surface area contributed by atoms with Gasteiger partial charge in [-0.1, -0.05) is 31.2 Å². The van der Waals surface area contributed by atoms with Crippen molar-refractivity contribution in [2.24, 2.45) is 4.99 Å². The SMILES string of the molecule is CCCOCc1ccccc1CN=C(NCC)NCCN1CCOCC1. The first-order valence-electron chi connectivity index (χ1n) is 9.80. The van der Waals surface area contributed by atoms with E-state index in [1.54, 1.807) is 0 Å². The quantitative estimate of drug-likeness (QED) is 0.379. The first kappa shape index (κ1) is 20.7.